The zero-order valence-electron chi connectivity index (χ0n) is 12.0. The summed E-state index contributed by atoms with van der Waals surface area (Å²) in [6.07, 6.45) is 0.918. The van der Waals surface area contributed by atoms with E-state index in [-0.39, 0.29) is 30.0 Å². The van der Waals surface area contributed by atoms with E-state index in [1.165, 1.54) is 12.1 Å². The van der Waals surface area contributed by atoms with Crippen molar-refractivity contribution in [1.82, 2.24) is 0 Å². The predicted octanol–water partition coefficient (Wildman–Crippen LogP) is 2.07. The van der Waals surface area contributed by atoms with E-state index in [9.17, 15) is 13.6 Å². The van der Waals surface area contributed by atoms with E-state index in [0.29, 0.717) is 26.1 Å². The molecule has 2 unspecified atom stereocenters. The third kappa shape index (κ3) is 3.91. The maximum atomic E-state index is 13.9. The normalized spacial score (nSPS) is 22.2. The summed E-state index contributed by atoms with van der Waals surface area (Å²) in [6.45, 7) is 2.99. The van der Waals surface area contributed by atoms with Gasteiger partial charge in [0.1, 0.15) is 0 Å². The lowest BCUT2D eigenvalue weighted by Crippen LogP contribution is -2.48. The lowest BCUT2D eigenvalue weighted by molar-refractivity contribution is -0.144. The van der Waals surface area contributed by atoms with Crippen molar-refractivity contribution in [2.45, 2.75) is 25.8 Å². The van der Waals surface area contributed by atoms with Crippen LogP contribution in [0.5, 0.6) is 0 Å². The number of carbonyl (C=O) groups is 1. The molecule has 0 aromatic heterocycles. The molecule has 0 bridgehead atoms. The van der Waals surface area contributed by atoms with E-state index < -0.39 is 11.6 Å². The summed E-state index contributed by atoms with van der Waals surface area (Å²) < 4.78 is 32.1. The molecule has 0 amide bonds. The molecule has 116 valence electrons. The highest BCUT2D eigenvalue weighted by atomic mass is 19.2. The Morgan fingerprint density at radius 1 is 1.43 bits per heavy atom. The highest BCUT2D eigenvalue weighted by molar-refractivity contribution is 5.69. The van der Waals surface area contributed by atoms with Crippen LogP contribution in [0.15, 0.2) is 18.2 Å². The van der Waals surface area contributed by atoms with Gasteiger partial charge in [-0.3, -0.25) is 4.79 Å². The van der Waals surface area contributed by atoms with E-state index in [1.54, 1.807) is 11.8 Å². The zero-order valence-corrected chi connectivity index (χ0v) is 12.0. The molecule has 0 radical (unpaired) electrons. The van der Waals surface area contributed by atoms with Crippen LogP contribution < -0.4 is 10.6 Å². The van der Waals surface area contributed by atoms with Gasteiger partial charge in [-0.25, -0.2) is 8.78 Å². The van der Waals surface area contributed by atoms with Gasteiger partial charge in [0.25, 0.3) is 0 Å². The third-order valence-electron chi connectivity index (χ3n) is 3.60. The summed E-state index contributed by atoms with van der Waals surface area (Å²) in [5.41, 5.74) is 6.17. The zero-order chi connectivity index (χ0) is 15.4. The summed E-state index contributed by atoms with van der Waals surface area (Å²) in [5, 5.41) is 0. The summed E-state index contributed by atoms with van der Waals surface area (Å²) >= 11 is 0. The molecule has 1 aliphatic heterocycles. The van der Waals surface area contributed by atoms with Crippen molar-refractivity contribution in [2.24, 2.45) is 11.7 Å². The van der Waals surface area contributed by atoms with E-state index in [2.05, 4.69) is 0 Å². The molecule has 1 heterocycles. The summed E-state index contributed by atoms with van der Waals surface area (Å²) in [7, 11) is 0. The van der Waals surface area contributed by atoms with Gasteiger partial charge in [0.2, 0.25) is 0 Å². The van der Waals surface area contributed by atoms with Gasteiger partial charge in [0.05, 0.1) is 18.7 Å². The standard InChI is InChI=1S/C15H20F2N2O2/c1-2-21-14(20)7-10-6-11(18)9-19(8-10)13-5-3-4-12(16)15(13)17/h3-5,10-11H,2,6-9,18H2,1H3. The van der Waals surface area contributed by atoms with E-state index in [1.807, 2.05) is 0 Å². The average Bonchev–Trinajstić information content (AvgIpc) is 2.41. The second-order valence-corrected chi connectivity index (χ2v) is 5.35. The Morgan fingerprint density at radius 3 is 2.90 bits per heavy atom. The minimum atomic E-state index is -0.881. The van der Waals surface area contributed by atoms with Crippen LogP contribution in [-0.4, -0.2) is 31.7 Å². The fourth-order valence-electron chi connectivity index (χ4n) is 2.78. The van der Waals surface area contributed by atoms with Crippen LogP contribution >= 0.6 is 0 Å². The molecule has 1 aliphatic rings. The van der Waals surface area contributed by atoms with Crippen molar-refractivity contribution < 1.29 is 18.3 Å². The summed E-state index contributed by atoms with van der Waals surface area (Å²) in [6, 6.07) is 3.89. The number of hydrogen-bond donors (Lipinski definition) is 1. The molecule has 1 fully saturated rings. The van der Waals surface area contributed by atoms with Crippen molar-refractivity contribution >= 4 is 11.7 Å². The Balaban J connectivity index is 2.10. The van der Waals surface area contributed by atoms with Crippen molar-refractivity contribution in [2.75, 3.05) is 24.6 Å². The average molecular weight is 298 g/mol. The van der Waals surface area contributed by atoms with Gasteiger partial charge >= 0.3 is 5.97 Å². The highest BCUT2D eigenvalue weighted by Crippen LogP contribution is 2.28. The molecular weight excluding hydrogens is 278 g/mol. The number of halogens is 2. The molecule has 0 saturated carbocycles. The van der Waals surface area contributed by atoms with Gasteiger partial charge in [-0.15, -0.1) is 0 Å². The van der Waals surface area contributed by atoms with Crippen LogP contribution in [0.3, 0.4) is 0 Å². The molecule has 4 nitrogen and oxygen atoms in total. The highest BCUT2D eigenvalue weighted by Gasteiger charge is 2.29. The predicted molar refractivity (Wildman–Crippen MR) is 75.9 cm³/mol. The fraction of sp³-hybridized carbons (Fsp3) is 0.533. The molecule has 2 rings (SSSR count). The SMILES string of the molecule is CCOC(=O)CC1CC(N)CN(c2cccc(F)c2F)C1. The number of benzene rings is 1. The fourth-order valence-corrected chi connectivity index (χ4v) is 2.78. The number of carbonyl (C=O) groups excluding carboxylic acids is 1. The summed E-state index contributed by atoms with van der Waals surface area (Å²) in [5.74, 6) is -2.05. The van der Waals surface area contributed by atoms with E-state index >= 15 is 0 Å². The van der Waals surface area contributed by atoms with E-state index in [0.717, 1.165) is 6.07 Å². The Bertz CT molecular complexity index is 510. The van der Waals surface area contributed by atoms with Crippen molar-refractivity contribution in [3.05, 3.63) is 29.8 Å². The number of rotatable bonds is 4. The van der Waals surface area contributed by atoms with Gasteiger partial charge < -0.3 is 15.4 Å². The minimum absolute atomic E-state index is 0.0181. The number of esters is 1. The first-order chi connectivity index (χ1) is 10.0. The number of piperidine rings is 1. The number of ether oxygens (including phenoxy) is 1. The first kappa shape index (κ1) is 15.7. The maximum absolute atomic E-state index is 13.9. The molecule has 1 aromatic rings. The van der Waals surface area contributed by atoms with Crippen LogP contribution in [0.1, 0.15) is 19.8 Å². The molecule has 1 saturated heterocycles. The van der Waals surface area contributed by atoms with E-state index in [4.69, 9.17) is 10.5 Å². The monoisotopic (exact) mass is 298 g/mol. The maximum Gasteiger partial charge on any atom is 0.306 e. The smallest absolute Gasteiger partial charge is 0.306 e. The first-order valence-corrected chi connectivity index (χ1v) is 7.11. The van der Waals surface area contributed by atoms with Crippen LogP contribution in [0.2, 0.25) is 0 Å². The van der Waals surface area contributed by atoms with Crippen LogP contribution in [-0.2, 0) is 9.53 Å². The third-order valence-corrected chi connectivity index (χ3v) is 3.60. The Labute approximate surface area is 122 Å². The van der Waals surface area contributed by atoms with Crippen LogP contribution in [0, 0.1) is 17.6 Å². The van der Waals surface area contributed by atoms with Crippen molar-refractivity contribution in [3.63, 3.8) is 0 Å². The Morgan fingerprint density at radius 2 is 2.19 bits per heavy atom. The number of hydrogen-bond acceptors (Lipinski definition) is 4. The number of anilines is 1. The Kier molecular flexibility index (Phi) is 5.12. The van der Waals surface area contributed by atoms with Crippen molar-refractivity contribution in [1.29, 1.82) is 0 Å². The molecule has 21 heavy (non-hydrogen) atoms. The minimum Gasteiger partial charge on any atom is -0.466 e. The van der Waals surface area contributed by atoms with Gasteiger partial charge in [-0.05, 0) is 31.4 Å². The van der Waals surface area contributed by atoms with Crippen molar-refractivity contribution in [3.8, 4) is 0 Å². The molecule has 0 spiro atoms. The second kappa shape index (κ2) is 6.85. The van der Waals surface area contributed by atoms with Gasteiger partial charge in [0, 0.05) is 19.1 Å². The molecule has 0 aliphatic carbocycles. The quantitative estimate of drug-likeness (QED) is 0.865. The number of nitrogens with zero attached hydrogens (tertiary/aromatic N) is 1. The first-order valence-electron chi connectivity index (χ1n) is 7.11. The lowest BCUT2D eigenvalue weighted by Gasteiger charge is -2.37. The molecule has 6 heteroatoms. The molecule has 2 N–H and O–H groups in total. The molecule has 1 aromatic carbocycles. The van der Waals surface area contributed by atoms with Gasteiger partial charge in [0.15, 0.2) is 11.6 Å². The summed E-state index contributed by atoms with van der Waals surface area (Å²) in [4.78, 5) is 13.3. The Hall–Kier alpha value is -1.69. The topological polar surface area (TPSA) is 55.6 Å². The number of nitrogens with two attached hydrogens (primary N) is 1. The molecular formula is C15H20F2N2O2. The largest absolute Gasteiger partial charge is 0.466 e. The van der Waals surface area contributed by atoms with Crippen LogP contribution in [0.25, 0.3) is 0 Å². The second-order valence-electron chi connectivity index (χ2n) is 5.35. The lowest BCUT2D eigenvalue weighted by atomic mass is 9.91. The molecule has 2 atom stereocenters. The van der Waals surface area contributed by atoms with Crippen LogP contribution in [0.4, 0.5) is 14.5 Å². The van der Waals surface area contributed by atoms with Gasteiger partial charge in [-0.2, -0.15) is 0 Å². The van der Waals surface area contributed by atoms with Gasteiger partial charge in [-0.1, -0.05) is 6.07 Å².